The number of rotatable bonds is 8. The van der Waals surface area contributed by atoms with Gasteiger partial charge >= 0.3 is 5.97 Å². The number of sulfonamides is 1. The van der Waals surface area contributed by atoms with E-state index in [0.717, 1.165) is 15.4 Å². The molecular weight excluding hydrogens is 472 g/mol. The van der Waals surface area contributed by atoms with Gasteiger partial charge in [0.2, 0.25) is 5.91 Å². The molecule has 1 heterocycles. The molecule has 0 aliphatic carbocycles. The second-order valence-electron chi connectivity index (χ2n) is 8.55. The van der Waals surface area contributed by atoms with Crippen molar-refractivity contribution < 1.29 is 32.2 Å². The smallest absolute Gasteiger partial charge is 0.308 e. The van der Waals surface area contributed by atoms with E-state index in [4.69, 9.17) is 14.2 Å². The Bertz CT molecular complexity index is 1170. The maximum Gasteiger partial charge on any atom is 0.308 e. The molecule has 3 rings (SSSR count). The zero-order valence-electron chi connectivity index (χ0n) is 20.7. The molecule has 0 bridgehead atoms. The Morgan fingerprint density at radius 3 is 2.09 bits per heavy atom. The standard InChI is InChI=1S/C25H32N2O7S/c1-17-12-18(2)14-20(13-17)27(16-24(28)26-10-8-19(9-11-26)25(29)34-5)35(30,31)21-6-7-22(32-3)23(15-21)33-4/h6-7,12-15,19H,8-11,16H2,1-5H3. The van der Waals surface area contributed by atoms with Crippen LogP contribution in [0.3, 0.4) is 0 Å². The molecule has 1 aliphatic heterocycles. The monoisotopic (exact) mass is 504 g/mol. The lowest BCUT2D eigenvalue weighted by Gasteiger charge is -2.33. The third-order valence-corrected chi connectivity index (χ3v) is 7.87. The van der Waals surface area contributed by atoms with Crippen LogP contribution in [0.2, 0.25) is 0 Å². The van der Waals surface area contributed by atoms with Gasteiger partial charge in [-0.15, -0.1) is 0 Å². The second kappa shape index (κ2) is 11.0. The maximum absolute atomic E-state index is 13.8. The van der Waals surface area contributed by atoms with E-state index >= 15 is 0 Å². The Kier molecular flexibility index (Phi) is 8.26. The number of hydrogen-bond acceptors (Lipinski definition) is 7. The number of ether oxygens (including phenoxy) is 3. The summed E-state index contributed by atoms with van der Waals surface area (Å²) in [6, 6.07) is 9.74. The van der Waals surface area contributed by atoms with Crippen molar-refractivity contribution in [2.75, 3.05) is 45.3 Å². The highest BCUT2D eigenvalue weighted by molar-refractivity contribution is 7.92. The van der Waals surface area contributed by atoms with Gasteiger partial charge in [-0.1, -0.05) is 6.07 Å². The third-order valence-electron chi connectivity index (χ3n) is 6.10. The fourth-order valence-electron chi connectivity index (χ4n) is 4.27. The molecule has 0 N–H and O–H groups in total. The minimum atomic E-state index is -4.13. The molecule has 10 heteroatoms. The second-order valence-corrected chi connectivity index (χ2v) is 10.4. The van der Waals surface area contributed by atoms with E-state index in [-0.39, 0.29) is 35.0 Å². The topological polar surface area (TPSA) is 102 Å². The average Bonchev–Trinajstić information content (AvgIpc) is 2.85. The predicted molar refractivity (Wildman–Crippen MR) is 131 cm³/mol. The van der Waals surface area contributed by atoms with Crippen LogP contribution < -0.4 is 13.8 Å². The summed E-state index contributed by atoms with van der Waals surface area (Å²) in [7, 11) is 0.113. The zero-order valence-corrected chi connectivity index (χ0v) is 21.6. The summed E-state index contributed by atoms with van der Waals surface area (Å²) < 4.78 is 44.1. The van der Waals surface area contributed by atoms with Crippen molar-refractivity contribution in [2.24, 2.45) is 5.92 Å². The molecule has 0 saturated carbocycles. The van der Waals surface area contributed by atoms with Gasteiger partial charge in [0.1, 0.15) is 6.54 Å². The van der Waals surface area contributed by atoms with E-state index in [1.54, 1.807) is 17.0 Å². The lowest BCUT2D eigenvalue weighted by Crippen LogP contribution is -2.46. The van der Waals surface area contributed by atoms with E-state index < -0.39 is 10.0 Å². The summed E-state index contributed by atoms with van der Waals surface area (Å²) >= 11 is 0. The number of piperidine rings is 1. The first-order chi connectivity index (χ1) is 16.6. The number of aryl methyl sites for hydroxylation is 2. The normalized spacial score (nSPS) is 14.4. The number of methoxy groups -OCH3 is 3. The maximum atomic E-state index is 13.8. The Balaban J connectivity index is 1.95. The van der Waals surface area contributed by atoms with Gasteiger partial charge < -0.3 is 19.1 Å². The molecular formula is C25H32N2O7S. The highest BCUT2D eigenvalue weighted by atomic mass is 32.2. The molecule has 0 radical (unpaired) electrons. The lowest BCUT2D eigenvalue weighted by molar-refractivity contribution is -0.148. The number of esters is 1. The van der Waals surface area contributed by atoms with Crippen molar-refractivity contribution in [1.82, 2.24) is 4.90 Å². The van der Waals surface area contributed by atoms with Gasteiger partial charge in [-0.25, -0.2) is 8.42 Å². The molecule has 2 aromatic carbocycles. The minimum Gasteiger partial charge on any atom is -0.493 e. The number of carbonyl (C=O) groups is 2. The summed E-state index contributed by atoms with van der Waals surface area (Å²) in [6.45, 7) is 4.09. The van der Waals surface area contributed by atoms with Gasteiger partial charge in [-0.2, -0.15) is 0 Å². The molecule has 35 heavy (non-hydrogen) atoms. The number of anilines is 1. The van der Waals surface area contributed by atoms with E-state index in [2.05, 4.69) is 0 Å². The van der Waals surface area contributed by atoms with Crippen LogP contribution in [0, 0.1) is 19.8 Å². The minimum absolute atomic E-state index is 0.0218. The fraction of sp³-hybridized carbons (Fsp3) is 0.440. The number of carbonyl (C=O) groups excluding carboxylic acids is 2. The van der Waals surface area contributed by atoms with E-state index in [9.17, 15) is 18.0 Å². The number of amides is 1. The molecule has 0 unspecified atom stereocenters. The number of nitrogens with zero attached hydrogens (tertiary/aromatic N) is 2. The van der Waals surface area contributed by atoms with Crippen molar-refractivity contribution in [3.63, 3.8) is 0 Å². The van der Waals surface area contributed by atoms with Crippen LogP contribution in [0.25, 0.3) is 0 Å². The molecule has 0 spiro atoms. The first-order valence-corrected chi connectivity index (χ1v) is 12.7. The summed E-state index contributed by atoms with van der Waals surface area (Å²) in [6.07, 6.45) is 0.953. The van der Waals surface area contributed by atoms with Crippen LogP contribution in [0.1, 0.15) is 24.0 Å². The van der Waals surface area contributed by atoms with Gasteiger partial charge in [-0.3, -0.25) is 13.9 Å². The third kappa shape index (κ3) is 5.87. The van der Waals surface area contributed by atoms with E-state index in [1.807, 2.05) is 19.9 Å². The summed E-state index contributed by atoms with van der Waals surface area (Å²) in [5.41, 5.74) is 2.15. The van der Waals surface area contributed by atoms with Crippen LogP contribution in [0.4, 0.5) is 5.69 Å². The van der Waals surface area contributed by atoms with Crippen LogP contribution in [0.5, 0.6) is 11.5 Å². The Hall–Kier alpha value is -3.27. The molecule has 1 fully saturated rings. The van der Waals surface area contributed by atoms with Crippen LogP contribution in [-0.2, 0) is 24.3 Å². The first kappa shape index (κ1) is 26.3. The SMILES string of the molecule is COC(=O)C1CCN(C(=O)CN(c2cc(C)cc(C)c2)S(=O)(=O)c2ccc(OC)c(OC)c2)CC1. The Labute approximate surface area is 206 Å². The van der Waals surface area contributed by atoms with Crippen LogP contribution >= 0.6 is 0 Å². The highest BCUT2D eigenvalue weighted by Gasteiger charge is 2.33. The molecule has 2 aromatic rings. The van der Waals surface area contributed by atoms with Crippen molar-refractivity contribution in [3.8, 4) is 11.5 Å². The highest BCUT2D eigenvalue weighted by Crippen LogP contribution is 2.33. The summed E-state index contributed by atoms with van der Waals surface area (Å²) in [4.78, 5) is 26.7. The molecule has 0 atom stereocenters. The molecule has 1 saturated heterocycles. The first-order valence-electron chi connectivity index (χ1n) is 11.3. The van der Waals surface area contributed by atoms with Crippen molar-refractivity contribution in [1.29, 1.82) is 0 Å². The van der Waals surface area contributed by atoms with E-state index in [1.165, 1.54) is 39.5 Å². The van der Waals surface area contributed by atoms with E-state index in [0.29, 0.717) is 37.4 Å². The number of benzene rings is 2. The van der Waals surface area contributed by atoms with Crippen molar-refractivity contribution >= 4 is 27.6 Å². The molecule has 190 valence electrons. The van der Waals surface area contributed by atoms with Gasteiger partial charge in [0.15, 0.2) is 11.5 Å². The summed E-state index contributed by atoms with van der Waals surface area (Å²) in [5.74, 6) is -0.212. The van der Waals surface area contributed by atoms with Gasteiger partial charge in [-0.05, 0) is 62.1 Å². The Morgan fingerprint density at radius 1 is 0.943 bits per heavy atom. The summed E-state index contributed by atoms with van der Waals surface area (Å²) in [5, 5.41) is 0. The Morgan fingerprint density at radius 2 is 1.54 bits per heavy atom. The number of likely N-dealkylation sites (tertiary alicyclic amines) is 1. The fourth-order valence-corrected chi connectivity index (χ4v) is 5.68. The van der Waals surface area contributed by atoms with Crippen molar-refractivity contribution in [3.05, 3.63) is 47.5 Å². The number of hydrogen-bond donors (Lipinski definition) is 0. The van der Waals surface area contributed by atoms with Gasteiger partial charge in [0.05, 0.1) is 37.8 Å². The van der Waals surface area contributed by atoms with Gasteiger partial charge in [0.25, 0.3) is 10.0 Å². The largest absolute Gasteiger partial charge is 0.493 e. The lowest BCUT2D eigenvalue weighted by atomic mass is 9.97. The molecule has 1 aliphatic rings. The van der Waals surface area contributed by atoms with Crippen LogP contribution in [0.15, 0.2) is 41.3 Å². The predicted octanol–water partition coefficient (Wildman–Crippen LogP) is 2.93. The molecule has 1 amide bonds. The van der Waals surface area contributed by atoms with Crippen molar-refractivity contribution in [2.45, 2.75) is 31.6 Å². The zero-order chi connectivity index (χ0) is 25.8. The molecule has 9 nitrogen and oxygen atoms in total. The van der Waals surface area contributed by atoms with Gasteiger partial charge in [0, 0.05) is 19.2 Å². The quantitative estimate of drug-likeness (QED) is 0.509. The molecule has 0 aromatic heterocycles. The van der Waals surface area contributed by atoms with Crippen LogP contribution in [-0.4, -0.2) is 66.2 Å². The average molecular weight is 505 g/mol.